The molecule has 6 nitrogen and oxygen atoms in total. The van der Waals surface area contributed by atoms with E-state index in [1.54, 1.807) is 6.07 Å². The maximum atomic E-state index is 12.1. The summed E-state index contributed by atoms with van der Waals surface area (Å²) in [6.07, 6.45) is 1.96. The molecular formula is C20H16N4O2. The molecule has 3 aromatic carbocycles. The predicted octanol–water partition coefficient (Wildman–Crippen LogP) is 2.90. The normalized spacial score (nSPS) is 11.4. The number of hydrogen-bond donors (Lipinski definition) is 2. The highest BCUT2D eigenvalue weighted by molar-refractivity contribution is 6.02. The number of fused-ring (bicyclic) bond motifs is 1. The summed E-state index contributed by atoms with van der Waals surface area (Å²) in [6, 6.07) is 20.9. The number of nitrogens with zero attached hydrogens (tertiary/aromatic N) is 3. The number of aromatic amines is 1. The van der Waals surface area contributed by atoms with Gasteiger partial charge >= 0.3 is 5.69 Å². The zero-order chi connectivity index (χ0) is 17.9. The molecule has 2 N–H and O–H groups in total. The van der Waals surface area contributed by atoms with Gasteiger partial charge in [-0.25, -0.2) is 9.89 Å². The van der Waals surface area contributed by atoms with Crippen molar-refractivity contribution in [2.24, 2.45) is 5.10 Å². The predicted molar refractivity (Wildman–Crippen MR) is 101 cm³/mol. The summed E-state index contributed by atoms with van der Waals surface area (Å²) in [4.78, 5) is 12.1. The lowest BCUT2D eigenvalue weighted by molar-refractivity contribution is 0.475. The van der Waals surface area contributed by atoms with Gasteiger partial charge in [-0.1, -0.05) is 60.7 Å². The van der Waals surface area contributed by atoms with Crippen molar-refractivity contribution in [2.75, 3.05) is 0 Å². The molecule has 0 aliphatic heterocycles. The monoisotopic (exact) mass is 344 g/mol. The first-order chi connectivity index (χ1) is 12.7. The third-order valence-corrected chi connectivity index (χ3v) is 4.17. The van der Waals surface area contributed by atoms with Crippen molar-refractivity contribution in [1.29, 1.82) is 0 Å². The van der Waals surface area contributed by atoms with Crippen molar-refractivity contribution in [3.05, 3.63) is 94.2 Å². The molecule has 6 heteroatoms. The molecule has 0 unspecified atom stereocenters. The highest BCUT2D eigenvalue weighted by Gasteiger charge is 2.09. The van der Waals surface area contributed by atoms with Gasteiger partial charge in [-0.15, -0.1) is 0 Å². The molecule has 0 aliphatic carbocycles. The maximum Gasteiger partial charge on any atom is 0.364 e. The molecule has 0 fully saturated rings. The Morgan fingerprint density at radius 3 is 2.65 bits per heavy atom. The topological polar surface area (TPSA) is 83.3 Å². The second-order valence-electron chi connectivity index (χ2n) is 5.88. The van der Waals surface area contributed by atoms with Crippen LogP contribution in [0.2, 0.25) is 0 Å². The first-order valence-corrected chi connectivity index (χ1v) is 8.17. The van der Waals surface area contributed by atoms with E-state index in [1.807, 2.05) is 60.7 Å². The lowest BCUT2D eigenvalue weighted by atomic mass is 10.0. The molecule has 0 aliphatic rings. The van der Waals surface area contributed by atoms with Gasteiger partial charge in [-0.3, -0.25) is 0 Å². The van der Waals surface area contributed by atoms with Gasteiger partial charge in [0.2, 0.25) is 0 Å². The van der Waals surface area contributed by atoms with Crippen LogP contribution in [-0.4, -0.2) is 26.2 Å². The fourth-order valence-corrected chi connectivity index (χ4v) is 2.87. The molecular weight excluding hydrogens is 328 g/mol. The van der Waals surface area contributed by atoms with Gasteiger partial charge in [0.1, 0.15) is 5.75 Å². The molecule has 4 rings (SSSR count). The van der Waals surface area contributed by atoms with Crippen LogP contribution in [0.15, 0.2) is 76.6 Å². The van der Waals surface area contributed by atoms with E-state index in [4.69, 9.17) is 0 Å². The lowest BCUT2D eigenvalue weighted by Crippen LogP contribution is -2.15. The Bertz CT molecular complexity index is 1140. The van der Waals surface area contributed by atoms with Gasteiger partial charge in [0.05, 0.1) is 6.21 Å². The lowest BCUT2D eigenvalue weighted by Gasteiger charge is -2.05. The summed E-state index contributed by atoms with van der Waals surface area (Å²) in [5.41, 5.74) is 1.16. The zero-order valence-electron chi connectivity index (χ0n) is 13.8. The maximum absolute atomic E-state index is 12.1. The first kappa shape index (κ1) is 15.8. The summed E-state index contributed by atoms with van der Waals surface area (Å²) in [5.74, 6) is 0.603. The number of benzene rings is 3. The number of aromatic nitrogens is 3. The standard InChI is InChI=1S/C20H16N4O2/c25-18-11-10-15-8-4-5-9-16(15)17(18)13-21-24-19(22-23-20(24)26)12-14-6-2-1-3-7-14/h1-11,13,25H,12H2,(H,23,26). The molecule has 128 valence electrons. The summed E-state index contributed by atoms with van der Waals surface area (Å²) < 4.78 is 1.22. The Morgan fingerprint density at radius 1 is 1.04 bits per heavy atom. The number of rotatable bonds is 4. The molecule has 0 atom stereocenters. The van der Waals surface area contributed by atoms with E-state index < -0.39 is 5.69 Å². The van der Waals surface area contributed by atoms with Crippen molar-refractivity contribution in [3.8, 4) is 5.75 Å². The number of hydrogen-bond acceptors (Lipinski definition) is 4. The average molecular weight is 344 g/mol. The van der Waals surface area contributed by atoms with E-state index in [1.165, 1.54) is 10.9 Å². The molecule has 4 aromatic rings. The Hall–Kier alpha value is -3.67. The van der Waals surface area contributed by atoms with Gasteiger partial charge in [0.15, 0.2) is 5.82 Å². The summed E-state index contributed by atoms with van der Waals surface area (Å²) >= 11 is 0. The van der Waals surface area contributed by atoms with E-state index >= 15 is 0 Å². The van der Waals surface area contributed by atoms with E-state index in [2.05, 4.69) is 15.3 Å². The summed E-state index contributed by atoms with van der Waals surface area (Å²) in [6.45, 7) is 0. The van der Waals surface area contributed by atoms with Crippen molar-refractivity contribution in [1.82, 2.24) is 14.9 Å². The largest absolute Gasteiger partial charge is 0.507 e. The van der Waals surface area contributed by atoms with Crippen molar-refractivity contribution >= 4 is 17.0 Å². The van der Waals surface area contributed by atoms with Gasteiger partial charge in [0, 0.05) is 12.0 Å². The molecule has 1 aromatic heterocycles. The molecule has 0 amide bonds. The van der Waals surface area contributed by atoms with Gasteiger partial charge < -0.3 is 5.11 Å². The summed E-state index contributed by atoms with van der Waals surface area (Å²) in [5, 5.41) is 22.8. The fourth-order valence-electron chi connectivity index (χ4n) is 2.87. The van der Waals surface area contributed by atoms with E-state index in [0.29, 0.717) is 17.8 Å². The molecule has 0 saturated heterocycles. The Kier molecular flexibility index (Phi) is 4.07. The highest BCUT2D eigenvalue weighted by atomic mass is 16.3. The first-order valence-electron chi connectivity index (χ1n) is 8.17. The minimum Gasteiger partial charge on any atom is -0.507 e. The van der Waals surface area contributed by atoms with Crippen LogP contribution in [0.5, 0.6) is 5.75 Å². The third kappa shape index (κ3) is 3.00. The average Bonchev–Trinajstić information content (AvgIpc) is 3.01. The number of H-pyrrole nitrogens is 1. The van der Waals surface area contributed by atoms with Crippen LogP contribution in [0.4, 0.5) is 0 Å². The van der Waals surface area contributed by atoms with Crippen LogP contribution in [0.25, 0.3) is 10.8 Å². The molecule has 0 spiro atoms. The number of nitrogens with one attached hydrogen (secondary N) is 1. The fraction of sp³-hybridized carbons (Fsp3) is 0.0500. The van der Waals surface area contributed by atoms with Gasteiger partial charge in [-0.2, -0.15) is 14.9 Å². The molecule has 0 bridgehead atoms. The SMILES string of the molecule is O=c1[nH]nc(Cc2ccccc2)n1N=Cc1c(O)ccc2ccccc12. The van der Waals surface area contributed by atoms with Crippen molar-refractivity contribution in [3.63, 3.8) is 0 Å². The minimum atomic E-state index is -0.424. The number of phenols is 1. The molecule has 0 radical (unpaired) electrons. The highest BCUT2D eigenvalue weighted by Crippen LogP contribution is 2.25. The number of aromatic hydroxyl groups is 1. The summed E-state index contributed by atoms with van der Waals surface area (Å²) in [7, 11) is 0. The quantitative estimate of drug-likeness (QED) is 0.558. The minimum absolute atomic E-state index is 0.105. The molecule has 1 heterocycles. The van der Waals surface area contributed by atoms with Crippen LogP contribution in [0.1, 0.15) is 17.0 Å². The van der Waals surface area contributed by atoms with Crippen molar-refractivity contribution < 1.29 is 5.11 Å². The van der Waals surface area contributed by atoms with Crippen LogP contribution in [0, 0.1) is 0 Å². The zero-order valence-corrected chi connectivity index (χ0v) is 13.8. The van der Waals surface area contributed by atoms with E-state index in [0.717, 1.165) is 16.3 Å². The smallest absolute Gasteiger partial charge is 0.364 e. The van der Waals surface area contributed by atoms with Crippen LogP contribution < -0.4 is 5.69 Å². The van der Waals surface area contributed by atoms with Gasteiger partial charge in [0.25, 0.3) is 0 Å². The second-order valence-corrected chi connectivity index (χ2v) is 5.88. The third-order valence-electron chi connectivity index (χ3n) is 4.17. The second kappa shape index (κ2) is 6.68. The van der Waals surface area contributed by atoms with Crippen LogP contribution >= 0.6 is 0 Å². The van der Waals surface area contributed by atoms with E-state index in [9.17, 15) is 9.90 Å². The Labute approximate surface area is 149 Å². The molecule has 0 saturated carbocycles. The Balaban J connectivity index is 1.74. The molecule has 26 heavy (non-hydrogen) atoms. The number of phenolic OH excluding ortho intramolecular Hbond substituents is 1. The van der Waals surface area contributed by atoms with Crippen LogP contribution in [-0.2, 0) is 6.42 Å². The van der Waals surface area contributed by atoms with Crippen molar-refractivity contribution in [2.45, 2.75) is 6.42 Å². The van der Waals surface area contributed by atoms with Gasteiger partial charge in [-0.05, 0) is 22.4 Å². The Morgan fingerprint density at radius 2 is 1.81 bits per heavy atom. The van der Waals surface area contributed by atoms with E-state index in [-0.39, 0.29) is 5.75 Å². The van der Waals surface area contributed by atoms with Crippen LogP contribution in [0.3, 0.4) is 0 Å².